The Balaban J connectivity index is 0.00000830. The Morgan fingerprint density at radius 1 is 0.461 bits per heavy atom. The molecule has 0 aromatic heterocycles. The highest BCUT2D eigenvalue weighted by molar-refractivity contribution is 7.99. The van der Waals surface area contributed by atoms with Crippen molar-refractivity contribution in [1.82, 2.24) is 58.5 Å². The number of thioether (sulfide) groups is 3. The van der Waals surface area contributed by atoms with Crippen LogP contribution in [-0.4, -0.2) is 217 Å². The maximum absolute atomic E-state index is 15.2. The van der Waals surface area contributed by atoms with Crippen molar-refractivity contribution < 1.29 is 116 Å². The first-order chi connectivity index (χ1) is 60.5. The van der Waals surface area contributed by atoms with Gasteiger partial charge in [-0.15, -0.1) is 0 Å². The van der Waals surface area contributed by atoms with E-state index in [-0.39, 0.29) is 77.2 Å². The lowest BCUT2D eigenvalue weighted by Gasteiger charge is -2.32. The highest BCUT2D eigenvalue weighted by Crippen LogP contribution is 2.31. The molecule has 7 rings (SSSR count). The summed E-state index contributed by atoms with van der Waals surface area (Å²) in [6.45, 7) is 12.4. The van der Waals surface area contributed by atoms with Gasteiger partial charge >= 0.3 is 24.1 Å². The zero-order valence-corrected chi connectivity index (χ0v) is 74.4. The lowest BCUT2D eigenvalue weighted by Crippen LogP contribution is -2.61. The van der Waals surface area contributed by atoms with Crippen molar-refractivity contribution in [2.24, 2.45) is 40.6 Å². The van der Waals surface area contributed by atoms with Crippen molar-refractivity contribution in [3.8, 4) is 5.75 Å². The Labute approximate surface area is 751 Å². The van der Waals surface area contributed by atoms with Crippen LogP contribution in [0.25, 0.3) is 10.8 Å². The summed E-state index contributed by atoms with van der Waals surface area (Å²) in [7, 11) is 0. The number of carbonyl (C=O) groups is 18. The van der Waals surface area contributed by atoms with E-state index in [4.69, 9.17) is 21.1 Å². The summed E-state index contributed by atoms with van der Waals surface area (Å²) in [6, 6.07) is 12.4. The van der Waals surface area contributed by atoms with Crippen LogP contribution >= 0.6 is 35.3 Å². The molecule has 37 nitrogen and oxygen atoms in total. The molecular weight excluding hydrogens is 1720 g/mol. The maximum Gasteiger partial charge on any atom is 0.373 e. The molecule has 0 saturated heterocycles. The van der Waals surface area contributed by atoms with Gasteiger partial charge in [0.15, 0.2) is 11.6 Å². The third kappa shape index (κ3) is 34.0. The molecule has 14 atom stereocenters. The van der Waals surface area contributed by atoms with Crippen LogP contribution < -0.4 is 70.0 Å². The van der Waals surface area contributed by atoms with E-state index in [1.165, 1.54) is 68.6 Å². The van der Waals surface area contributed by atoms with E-state index in [0.717, 1.165) is 17.1 Å². The van der Waals surface area contributed by atoms with Gasteiger partial charge in [-0.1, -0.05) is 145 Å². The van der Waals surface area contributed by atoms with Crippen molar-refractivity contribution in [2.45, 2.75) is 210 Å². The number of fused-ring (bicyclic) bond motifs is 6. The van der Waals surface area contributed by atoms with Crippen LogP contribution in [0, 0.1) is 29.1 Å². The summed E-state index contributed by atoms with van der Waals surface area (Å²) in [5, 5.41) is 70.0. The first-order valence-electron chi connectivity index (χ1n) is 41.2. The fourth-order valence-corrected chi connectivity index (χ4v) is 17.4. The molecule has 2 aliphatic heterocycles. The SMILES string of the molecule is CC[C@@H]1NC(=O)[C@@H]2CSCc3cc(cc(c3)CSC[C@H](C(C)C)C(=O)N[C@H](C)C(=O)N[C@@H](CC(N)=O)C(=O)N[C@@H](CCC(=O)O)C(=O)C[C@@H](Cc3cccc4ccccc34)C(=O)N[C@H](C)C(=O)N2)CSC[C@@H](C(N)=O)CC(=O)[C@H](C(C)(C)C)NC(=O)[C@H](CC(=O)O)NC(=O)[C@H](Cc2ccc(O)cc2)NC(=O)[C@H](Cc2ccccc2)NC(=O)[C@H](CC(=O)O)NC1=O.O=C=O. The van der Waals surface area contributed by atoms with Crippen LogP contribution in [0.5, 0.6) is 5.75 Å². The molecule has 40 heteroatoms. The summed E-state index contributed by atoms with van der Waals surface area (Å²) in [4.78, 5) is 271. The van der Waals surface area contributed by atoms with Gasteiger partial charge in [-0.05, 0) is 101 Å². The van der Waals surface area contributed by atoms with Gasteiger partial charge in [-0.3, -0.25) is 86.3 Å². The zero-order chi connectivity index (χ0) is 94.8. The number of ketones is 2. The van der Waals surface area contributed by atoms with Gasteiger partial charge in [-0.25, -0.2) is 0 Å². The van der Waals surface area contributed by atoms with Gasteiger partial charge in [0.05, 0.1) is 37.3 Å². The van der Waals surface area contributed by atoms with Crippen molar-refractivity contribution >= 4 is 158 Å². The highest BCUT2D eigenvalue weighted by Gasteiger charge is 2.41. The minimum Gasteiger partial charge on any atom is -0.508 e. The minimum absolute atomic E-state index is 0.0680. The van der Waals surface area contributed by atoms with E-state index in [0.29, 0.717) is 33.2 Å². The normalized spacial score (nSPS) is 24.1. The molecule has 0 fully saturated rings. The zero-order valence-electron chi connectivity index (χ0n) is 72.0. The molecule has 0 radical (unpaired) electrons. The number of phenols is 1. The quantitative estimate of drug-likeness (QED) is 0.0595. The van der Waals surface area contributed by atoms with Gasteiger partial charge < -0.3 is 90.4 Å². The van der Waals surface area contributed by atoms with Crippen molar-refractivity contribution in [3.63, 3.8) is 0 Å². The fraction of sp³-hybridized carbons (Fsp3) is 0.466. The lowest BCUT2D eigenvalue weighted by atomic mass is 9.81. The first kappa shape index (κ1) is 104. The number of carboxylic acid groups (broad SMARTS) is 3. The molecule has 5 aromatic carbocycles. The van der Waals surface area contributed by atoms with Crippen LogP contribution in [0.4, 0.5) is 0 Å². The van der Waals surface area contributed by atoms with Gasteiger partial charge in [0, 0.05) is 78.5 Å². The molecule has 13 amide bonds. The Morgan fingerprint density at radius 3 is 1.42 bits per heavy atom. The second-order valence-corrected chi connectivity index (χ2v) is 35.7. The van der Waals surface area contributed by atoms with Crippen LogP contribution in [-0.2, 0) is 132 Å². The van der Waals surface area contributed by atoms with Gasteiger partial charge in [-0.2, -0.15) is 44.9 Å². The first-order valence-corrected chi connectivity index (χ1v) is 44.7. The molecule has 0 spiro atoms. The number of aromatic hydroxyl groups is 1. The van der Waals surface area contributed by atoms with Crippen LogP contribution in [0.3, 0.4) is 0 Å². The average Bonchev–Trinajstić information content (AvgIpc) is 0.819. The number of amides is 13. The second kappa shape index (κ2) is 50.7. The van der Waals surface area contributed by atoms with Gasteiger partial charge in [0.1, 0.15) is 60.1 Å². The molecule has 128 heavy (non-hydrogen) atoms. The van der Waals surface area contributed by atoms with Crippen molar-refractivity contribution in [3.05, 3.63) is 149 Å². The van der Waals surface area contributed by atoms with Gasteiger partial charge in [0.2, 0.25) is 76.8 Å². The summed E-state index contributed by atoms with van der Waals surface area (Å²) in [5.74, 6) is -23.5. The Bertz CT molecular complexity index is 4890. The van der Waals surface area contributed by atoms with E-state index in [1.807, 2.05) is 18.2 Å². The lowest BCUT2D eigenvalue weighted by molar-refractivity contribution is -0.192. The molecule has 0 aliphatic carbocycles. The molecule has 0 saturated carbocycles. The standard InChI is InChI=1S/C87H111N13O22S3.CO2/c1-9-60-80(116)97-65(37-72(107)108)84(120)96-62(31-48-16-11-10-12-17-48)81(117)95-63(32-49-22-24-57(101)25-23-49)82(118)98-66(38-73(109)110)85(121)100-74(87(6,7)8)69(103)35-56(75(89)111)42-123-39-50-28-51-30-52(29-50)41-125-44-67(86(122)92-60)99-77(113)46(4)90-78(114)55(33-54-20-15-19-53-18-13-14-21-58(53)54)34-68(102)61(26-27-71(105)106)93-83(119)64(36-70(88)104)94-76(112)47(5)91-79(115)59(45(2)3)43-124-40-51;2-1-3/h10-25,28-30,45-47,55-56,59-67,74,101H,9,26-27,31-44H2,1-8H3,(H2,88,104)(H2,89,111)(H,90,114)(H,91,115)(H,92,122)(H,93,119)(H,94,112)(H,95,117)(H,96,120)(H,97,116)(H,98,118)(H,99,113)(H,100,121)(H,105,106)(H,107,108)(H,109,110);/t46-,47-,55-,56+,59-,60+,61+,62+,63+,64+,65+,66+,67+,74-;/m1./s1. The summed E-state index contributed by atoms with van der Waals surface area (Å²) >= 11 is 3.64. The number of nitrogens with two attached hydrogens (primary N) is 2. The van der Waals surface area contributed by atoms with Crippen molar-refractivity contribution in [2.75, 3.05) is 17.3 Å². The number of Topliss-reactive ketones (excluding diaryl/α,β-unsaturated/α-hetero) is 2. The number of carboxylic acids is 3. The maximum atomic E-state index is 15.2. The largest absolute Gasteiger partial charge is 0.508 e. The van der Waals surface area contributed by atoms with E-state index in [9.17, 15) is 97.1 Å². The fourth-order valence-electron chi connectivity index (χ4n) is 14.0. The van der Waals surface area contributed by atoms with Crippen LogP contribution in [0.15, 0.2) is 115 Å². The minimum atomic E-state index is -2.04. The predicted molar refractivity (Wildman–Crippen MR) is 471 cm³/mol. The molecule has 5 aromatic rings. The summed E-state index contributed by atoms with van der Waals surface area (Å²) in [5.41, 5.74) is 13.6. The number of benzene rings is 5. The summed E-state index contributed by atoms with van der Waals surface area (Å²) < 4.78 is 0. The second-order valence-electron chi connectivity index (χ2n) is 32.6. The Hall–Kier alpha value is -12.6. The number of hydrogen-bond donors (Lipinski definition) is 17. The topological polar surface area (TPSA) is 607 Å². The molecular formula is C88H111N13O24S3. The number of hydrogen-bond acceptors (Lipinski definition) is 24. The molecule has 2 aliphatic rings. The molecule has 4 bridgehead atoms. The number of nitrogens with one attached hydrogen (secondary N) is 11. The third-order valence-electron chi connectivity index (χ3n) is 21.0. The van der Waals surface area contributed by atoms with E-state index >= 15 is 9.59 Å². The Kier molecular flexibility index (Phi) is 41.3. The molecule has 19 N–H and O–H groups in total. The number of aliphatic carboxylic acids is 3. The summed E-state index contributed by atoms with van der Waals surface area (Å²) in [6.07, 6.45) is -6.66. The van der Waals surface area contributed by atoms with E-state index in [2.05, 4.69) is 58.5 Å². The molecule has 2 heterocycles. The Morgan fingerprint density at radius 2 is 0.906 bits per heavy atom. The number of phenolic OH excluding ortho intramolecular Hbond substituents is 1. The predicted octanol–water partition coefficient (Wildman–Crippen LogP) is 1.84. The number of rotatable bonds is 18. The smallest absolute Gasteiger partial charge is 0.373 e. The van der Waals surface area contributed by atoms with Crippen LogP contribution in [0.1, 0.15) is 140 Å². The van der Waals surface area contributed by atoms with E-state index < -0.39 is 247 Å². The number of carbonyl (C=O) groups excluding carboxylic acids is 17. The highest BCUT2D eigenvalue weighted by atomic mass is 32.2. The molecule has 690 valence electrons. The third-order valence-corrected chi connectivity index (χ3v) is 24.4. The monoisotopic (exact) mass is 1830 g/mol. The van der Waals surface area contributed by atoms with Crippen LogP contribution in [0.2, 0.25) is 0 Å². The molecule has 0 unspecified atom stereocenters. The average molecular weight is 1830 g/mol. The van der Waals surface area contributed by atoms with Crippen molar-refractivity contribution in [1.29, 1.82) is 0 Å². The van der Waals surface area contributed by atoms with E-state index in [1.54, 1.807) is 107 Å². The van der Waals surface area contributed by atoms with Gasteiger partial charge in [0.25, 0.3) is 0 Å². The number of primary amides is 2.